The van der Waals surface area contributed by atoms with Crippen molar-refractivity contribution in [2.45, 2.75) is 51.2 Å². The maximum Gasteiger partial charge on any atom is 0.126 e. The molecule has 0 amide bonds. The molecule has 1 N–H and O–H groups in total. The lowest BCUT2D eigenvalue weighted by Crippen LogP contribution is -2.47. The second kappa shape index (κ2) is 7.11. The van der Waals surface area contributed by atoms with Crippen LogP contribution in [0.1, 0.15) is 40.0 Å². The Kier molecular flexibility index (Phi) is 5.67. The van der Waals surface area contributed by atoms with Gasteiger partial charge in [0.05, 0.1) is 18.8 Å². The second-order valence-corrected chi connectivity index (χ2v) is 7.09. The van der Waals surface area contributed by atoms with Crippen molar-refractivity contribution in [2.75, 3.05) is 45.9 Å². The third-order valence-corrected chi connectivity index (χ3v) is 4.47. The maximum absolute atomic E-state index is 8.95. The van der Waals surface area contributed by atoms with Crippen molar-refractivity contribution in [3.05, 3.63) is 0 Å². The summed E-state index contributed by atoms with van der Waals surface area (Å²) in [6.45, 7) is 12.5. The standard InChI is InChI=1S/C17H30N2O2/c1-16(2)6-4-7-17(3,21-16)8-5-9-18-10-12-19(13-11-18)14-15-20/h20H,4,6-7,9-15H2,1-3H3/t17-/m0/s1. The fourth-order valence-corrected chi connectivity index (χ4v) is 3.30. The lowest BCUT2D eigenvalue weighted by atomic mass is 9.88. The molecule has 2 saturated heterocycles. The van der Waals surface area contributed by atoms with E-state index in [0.29, 0.717) is 0 Å². The van der Waals surface area contributed by atoms with Crippen LogP contribution in [0.2, 0.25) is 0 Å². The third-order valence-electron chi connectivity index (χ3n) is 4.47. The summed E-state index contributed by atoms with van der Waals surface area (Å²) in [5.74, 6) is 6.70. The average molecular weight is 294 g/mol. The number of aliphatic hydroxyl groups excluding tert-OH is 1. The zero-order valence-electron chi connectivity index (χ0n) is 13.8. The van der Waals surface area contributed by atoms with Gasteiger partial charge in [0.1, 0.15) is 5.60 Å². The molecule has 0 unspecified atom stereocenters. The van der Waals surface area contributed by atoms with E-state index >= 15 is 0 Å². The van der Waals surface area contributed by atoms with Crippen LogP contribution >= 0.6 is 0 Å². The molecule has 2 aliphatic heterocycles. The van der Waals surface area contributed by atoms with E-state index in [1.165, 1.54) is 6.42 Å². The highest BCUT2D eigenvalue weighted by atomic mass is 16.5. The van der Waals surface area contributed by atoms with Crippen LogP contribution in [0, 0.1) is 11.8 Å². The zero-order valence-corrected chi connectivity index (χ0v) is 13.8. The molecule has 2 aliphatic rings. The van der Waals surface area contributed by atoms with E-state index in [1.54, 1.807) is 0 Å². The third kappa shape index (κ3) is 5.27. The highest BCUT2D eigenvalue weighted by molar-refractivity contribution is 5.15. The highest BCUT2D eigenvalue weighted by Gasteiger charge is 2.35. The van der Waals surface area contributed by atoms with Gasteiger partial charge in [0.25, 0.3) is 0 Å². The van der Waals surface area contributed by atoms with Crippen LogP contribution in [-0.2, 0) is 4.74 Å². The second-order valence-electron chi connectivity index (χ2n) is 7.09. The first-order valence-electron chi connectivity index (χ1n) is 8.18. The molecule has 2 rings (SSSR count). The van der Waals surface area contributed by atoms with Gasteiger partial charge in [-0.25, -0.2) is 0 Å². The summed E-state index contributed by atoms with van der Waals surface area (Å²) in [5.41, 5.74) is -0.321. The molecule has 0 aromatic rings. The largest absolute Gasteiger partial charge is 0.395 e. The number of nitrogens with zero attached hydrogens (tertiary/aromatic N) is 2. The number of hydrogen-bond acceptors (Lipinski definition) is 4. The SMILES string of the molecule is CC1(C)CCC[C@@](C)(C#CCN2CCN(CCO)CC2)O1. The first-order chi connectivity index (χ1) is 9.92. The molecule has 0 aliphatic carbocycles. The fourth-order valence-electron chi connectivity index (χ4n) is 3.30. The first-order valence-corrected chi connectivity index (χ1v) is 8.18. The Morgan fingerprint density at radius 2 is 1.71 bits per heavy atom. The summed E-state index contributed by atoms with van der Waals surface area (Å²) >= 11 is 0. The number of ether oxygens (including phenoxy) is 1. The van der Waals surface area contributed by atoms with Gasteiger partial charge in [-0.15, -0.1) is 0 Å². The van der Waals surface area contributed by atoms with Gasteiger partial charge in [-0.3, -0.25) is 9.80 Å². The predicted octanol–water partition coefficient (Wildman–Crippen LogP) is 1.34. The van der Waals surface area contributed by atoms with Crippen molar-refractivity contribution >= 4 is 0 Å². The molecule has 4 nitrogen and oxygen atoms in total. The van der Waals surface area contributed by atoms with Gasteiger partial charge in [0.2, 0.25) is 0 Å². The van der Waals surface area contributed by atoms with Gasteiger partial charge in [0, 0.05) is 32.7 Å². The monoisotopic (exact) mass is 294 g/mol. The molecular weight excluding hydrogens is 264 g/mol. The number of β-amino-alcohol motifs (C(OH)–C–C–N with tert-alkyl or cyclic N) is 1. The molecule has 2 heterocycles. The molecular formula is C17H30N2O2. The summed E-state index contributed by atoms with van der Waals surface area (Å²) in [5, 5.41) is 8.95. The molecule has 0 aromatic carbocycles. The quantitative estimate of drug-likeness (QED) is 0.797. The van der Waals surface area contributed by atoms with Gasteiger partial charge in [0.15, 0.2) is 0 Å². The van der Waals surface area contributed by atoms with E-state index in [0.717, 1.165) is 52.1 Å². The van der Waals surface area contributed by atoms with Crippen LogP contribution in [-0.4, -0.2) is 72.0 Å². The minimum Gasteiger partial charge on any atom is -0.395 e. The summed E-state index contributed by atoms with van der Waals surface area (Å²) in [6, 6.07) is 0. The van der Waals surface area contributed by atoms with Crippen LogP contribution in [0.25, 0.3) is 0 Å². The smallest absolute Gasteiger partial charge is 0.126 e. The molecule has 0 aromatic heterocycles. The first kappa shape index (κ1) is 16.8. The summed E-state index contributed by atoms with van der Waals surface area (Å²) in [7, 11) is 0. The molecule has 2 fully saturated rings. The predicted molar refractivity (Wildman–Crippen MR) is 85.2 cm³/mol. The van der Waals surface area contributed by atoms with Crippen molar-refractivity contribution in [2.24, 2.45) is 0 Å². The van der Waals surface area contributed by atoms with E-state index in [9.17, 15) is 0 Å². The Labute approximate surface area is 129 Å². The van der Waals surface area contributed by atoms with Gasteiger partial charge >= 0.3 is 0 Å². The molecule has 0 bridgehead atoms. The number of aliphatic hydroxyl groups is 1. The van der Waals surface area contributed by atoms with Crippen LogP contribution in [0.4, 0.5) is 0 Å². The molecule has 1 atom stereocenters. The van der Waals surface area contributed by atoms with E-state index in [2.05, 4.69) is 42.4 Å². The zero-order chi connectivity index (χ0) is 15.3. The van der Waals surface area contributed by atoms with Crippen LogP contribution in [0.5, 0.6) is 0 Å². The van der Waals surface area contributed by atoms with Crippen molar-refractivity contribution < 1.29 is 9.84 Å². The van der Waals surface area contributed by atoms with Gasteiger partial charge in [-0.05, 0) is 40.0 Å². The average Bonchev–Trinajstić information content (AvgIpc) is 2.39. The fraction of sp³-hybridized carbons (Fsp3) is 0.882. The molecule has 21 heavy (non-hydrogen) atoms. The van der Waals surface area contributed by atoms with E-state index in [1.807, 2.05) is 0 Å². The Bertz CT molecular complexity index is 391. The van der Waals surface area contributed by atoms with Gasteiger partial charge in [-0.2, -0.15) is 0 Å². The van der Waals surface area contributed by atoms with Crippen LogP contribution in [0.3, 0.4) is 0 Å². The lowest BCUT2D eigenvalue weighted by molar-refractivity contribution is -0.135. The summed E-state index contributed by atoms with van der Waals surface area (Å²) in [6.07, 6.45) is 3.35. The molecule has 120 valence electrons. The summed E-state index contributed by atoms with van der Waals surface area (Å²) in [4.78, 5) is 4.69. The summed E-state index contributed by atoms with van der Waals surface area (Å²) < 4.78 is 6.17. The van der Waals surface area contributed by atoms with Crippen molar-refractivity contribution in [1.29, 1.82) is 0 Å². The molecule has 0 radical (unpaired) electrons. The van der Waals surface area contributed by atoms with Crippen molar-refractivity contribution in [3.8, 4) is 11.8 Å². The normalized spacial score (nSPS) is 30.7. The van der Waals surface area contributed by atoms with Gasteiger partial charge < -0.3 is 9.84 Å². The Hall–Kier alpha value is -0.600. The van der Waals surface area contributed by atoms with Crippen LogP contribution < -0.4 is 0 Å². The molecule has 0 spiro atoms. The topological polar surface area (TPSA) is 35.9 Å². The number of rotatable bonds is 3. The Balaban J connectivity index is 1.79. The lowest BCUT2D eigenvalue weighted by Gasteiger charge is -2.40. The van der Waals surface area contributed by atoms with Crippen LogP contribution in [0.15, 0.2) is 0 Å². The van der Waals surface area contributed by atoms with Crippen molar-refractivity contribution in [3.63, 3.8) is 0 Å². The van der Waals surface area contributed by atoms with Crippen molar-refractivity contribution in [1.82, 2.24) is 9.80 Å². The van der Waals surface area contributed by atoms with E-state index in [-0.39, 0.29) is 17.8 Å². The Morgan fingerprint density at radius 1 is 1.05 bits per heavy atom. The Morgan fingerprint density at radius 3 is 2.33 bits per heavy atom. The molecule has 0 saturated carbocycles. The van der Waals surface area contributed by atoms with E-state index in [4.69, 9.17) is 9.84 Å². The maximum atomic E-state index is 8.95. The minimum absolute atomic E-state index is 0.0440. The number of piperazine rings is 1. The van der Waals surface area contributed by atoms with Gasteiger partial charge in [-0.1, -0.05) is 11.8 Å². The molecule has 4 heteroatoms. The van der Waals surface area contributed by atoms with E-state index < -0.39 is 0 Å². The minimum atomic E-state index is -0.277. The highest BCUT2D eigenvalue weighted by Crippen LogP contribution is 2.34. The number of hydrogen-bond donors (Lipinski definition) is 1.